The van der Waals surface area contributed by atoms with Gasteiger partial charge >= 0.3 is 0 Å². The highest BCUT2D eigenvalue weighted by atomic mass is 19.1. The van der Waals surface area contributed by atoms with Gasteiger partial charge in [0, 0.05) is 41.7 Å². The molecule has 1 saturated heterocycles. The average molecular weight is 581 g/mol. The number of hydrogen-bond donors (Lipinski definition) is 2. The van der Waals surface area contributed by atoms with Gasteiger partial charge in [0.1, 0.15) is 17.3 Å². The number of ether oxygens (including phenoxy) is 1. The molecular formula is C33H45FN4O4. The molecule has 3 aromatic rings. The molecule has 2 amide bonds. The zero-order valence-corrected chi connectivity index (χ0v) is 25.3. The van der Waals surface area contributed by atoms with Crippen molar-refractivity contribution in [2.75, 3.05) is 36.5 Å². The van der Waals surface area contributed by atoms with Gasteiger partial charge < -0.3 is 25.2 Å². The molecule has 1 aliphatic carbocycles. The highest BCUT2D eigenvalue weighted by molar-refractivity contribution is 6.05. The molecule has 5 rings (SSSR count). The van der Waals surface area contributed by atoms with Crippen molar-refractivity contribution < 1.29 is 23.2 Å². The first-order chi connectivity index (χ1) is 20.2. The molecular weight excluding hydrogens is 535 g/mol. The van der Waals surface area contributed by atoms with E-state index < -0.39 is 5.82 Å². The molecule has 3 N–H and O–H groups in total. The van der Waals surface area contributed by atoms with E-state index in [4.69, 9.17) is 14.1 Å². The summed E-state index contributed by atoms with van der Waals surface area (Å²) in [5, 5.41) is 6.90. The predicted molar refractivity (Wildman–Crippen MR) is 165 cm³/mol. The van der Waals surface area contributed by atoms with Gasteiger partial charge in [0.2, 0.25) is 6.41 Å². The summed E-state index contributed by atoms with van der Waals surface area (Å²) < 4.78 is 24.7. The lowest BCUT2D eigenvalue weighted by Gasteiger charge is -2.29. The minimum Gasteiger partial charge on any atom is -0.378 e. The monoisotopic (exact) mass is 580 g/mol. The molecule has 1 saturated carbocycles. The molecule has 1 aromatic heterocycles. The molecule has 1 aliphatic heterocycles. The Balaban J connectivity index is 0.000000311. The van der Waals surface area contributed by atoms with Crippen LogP contribution in [0.25, 0.3) is 11.3 Å². The number of amides is 2. The number of primary amides is 1. The fourth-order valence-corrected chi connectivity index (χ4v) is 5.47. The van der Waals surface area contributed by atoms with Crippen LogP contribution in [-0.2, 0) is 9.53 Å². The summed E-state index contributed by atoms with van der Waals surface area (Å²) in [6.45, 7) is 11.0. The Morgan fingerprint density at radius 2 is 1.79 bits per heavy atom. The molecule has 0 radical (unpaired) electrons. The highest BCUT2D eigenvalue weighted by Crippen LogP contribution is 2.29. The van der Waals surface area contributed by atoms with Crippen LogP contribution in [0.5, 0.6) is 0 Å². The molecule has 2 fully saturated rings. The Hall–Kier alpha value is -3.72. The number of halogens is 1. The van der Waals surface area contributed by atoms with Crippen LogP contribution in [0.2, 0.25) is 0 Å². The highest BCUT2D eigenvalue weighted by Gasteiger charge is 2.17. The van der Waals surface area contributed by atoms with E-state index in [2.05, 4.69) is 30.1 Å². The van der Waals surface area contributed by atoms with Crippen molar-refractivity contribution in [2.45, 2.75) is 66.2 Å². The minimum absolute atomic E-state index is 0.250. The summed E-state index contributed by atoms with van der Waals surface area (Å²) in [6, 6.07) is 11.8. The van der Waals surface area contributed by atoms with Crippen molar-refractivity contribution in [3.63, 3.8) is 0 Å². The normalized spacial score (nSPS) is 15.2. The Bertz CT molecular complexity index is 1280. The molecule has 42 heavy (non-hydrogen) atoms. The van der Waals surface area contributed by atoms with E-state index in [1.54, 1.807) is 6.07 Å². The second kappa shape index (κ2) is 16.7. The van der Waals surface area contributed by atoms with E-state index in [1.807, 2.05) is 43.0 Å². The topological polar surface area (TPSA) is 111 Å². The molecule has 2 aromatic carbocycles. The van der Waals surface area contributed by atoms with E-state index in [1.165, 1.54) is 50.7 Å². The number of rotatable bonds is 6. The van der Waals surface area contributed by atoms with E-state index in [0.717, 1.165) is 23.0 Å². The van der Waals surface area contributed by atoms with Crippen LogP contribution in [0.15, 0.2) is 47.0 Å². The third kappa shape index (κ3) is 10.3. The number of carbonyl (C=O) groups excluding carboxylic acids is 2. The lowest BCUT2D eigenvalue weighted by Crippen LogP contribution is -2.36. The van der Waals surface area contributed by atoms with Crippen molar-refractivity contribution in [2.24, 2.45) is 17.6 Å². The number of nitrogens with one attached hydrogen (secondary N) is 1. The maximum Gasteiger partial charge on any atom is 0.255 e. The standard InChI is InChI=1S/C22H22FN3O3.C10H20.CH3NO/c1-14-3-4-18(13-20(14)21-9-15(2)29-25-21)24-22(27)16-10-17(23)12-19(11-16)26-5-7-28-8-6-26;1-9(2)8-10-6-4-3-5-7-10;2-1-3/h3-4,9-13H,5-8H2,1-2H3,(H,24,27);9-10H,3-8H2,1-2H3;1H,(H2,2,3). The first-order valence-corrected chi connectivity index (χ1v) is 14.8. The van der Waals surface area contributed by atoms with Crippen LogP contribution in [0.3, 0.4) is 0 Å². The predicted octanol–water partition coefficient (Wildman–Crippen LogP) is 6.90. The lowest BCUT2D eigenvalue weighted by atomic mass is 9.84. The number of aryl methyl sites for hydroxylation is 2. The van der Waals surface area contributed by atoms with E-state index in [0.29, 0.717) is 49.1 Å². The summed E-state index contributed by atoms with van der Waals surface area (Å²) in [6.07, 6.45) is 9.24. The van der Waals surface area contributed by atoms with Gasteiger partial charge in [-0.3, -0.25) is 9.59 Å². The van der Waals surface area contributed by atoms with Crippen LogP contribution in [-0.4, -0.2) is 43.8 Å². The fourth-order valence-electron chi connectivity index (χ4n) is 5.47. The summed E-state index contributed by atoms with van der Waals surface area (Å²) in [5.41, 5.74) is 8.31. The summed E-state index contributed by atoms with van der Waals surface area (Å²) in [7, 11) is 0. The molecule has 228 valence electrons. The first kappa shape index (κ1) is 32.8. The number of carbonyl (C=O) groups is 2. The van der Waals surface area contributed by atoms with Gasteiger partial charge in [-0.25, -0.2) is 4.39 Å². The van der Waals surface area contributed by atoms with Crippen molar-refractivity contribution in [3.8, 4) is 11.3 Å². The maximum absolute atomic E-state index is 14.2. The number of aromatic nitrogens is 1. The quantitative estimate of drug-likeness (QED) is 0.307. The van der Waals surface area contributed by atoms with Crippen LogP contribution >= 0.6 is 0 Å². The SMILES string of the molecule is CC(C)CC1CCCCC1.Cc1cc(-c2cc(NC(=O)c3cc(F)cc(N4CCOCC4)c3)ccc2C)no1.NC=O. The average Bonchev–Trinajstić information content (AvgIpc) is 3.41. The third-order valence-electron chi connectivity index (χ3n) is 7.45. The van der Waals surface area contributed by atoms with Gasteiger partial charge in [-0.15, -0.1) is 0 Å². The van der Waals surface area contributed by atoms with Crippen LogP contribution in [0, 0.1) is 31.5 Å². The van der Waals surface area contributed by atoms with Gasteiger partial charge in [0.25, 0.3) is 5.91 Å². The van der Waals surface area contributed by atoms with Crippen LogP contribution < -0.4 is 16.0 Å². The van der Waals surface area contributed by atoms with Gasteiger partial charge in [-0.1, -0.05) is 57.2 Å². The fraction of sp³-hybridized carbons (Fsp3) is 0.485. The molecule has 0 spiro atoms. The smallest absolute Gasteiger partial charge is 0.255 e. The van der Waals surface area contributed by atoms with Gasteiger partial charge in [-0.05, 0) is 68.0 Å². The largest absolute Gasteiger partial charge is 0.378 e. The number of benzene rings is 2. The molecule has 0 atom stereocenters. The van der Waals surface area contributed by atoms with Gasteiger partial charge in [0.05, 0.1) is 13.2 Å². The van der Waals surface area contributed by atoms with Crippen LogP contribution in [0.1, 0.15) is 74.1 Å². The van der Waals surface area contributed by atoms with Gasteiger partial charge in [-0.2, -0.15) is 0 Å². The van der Waals surface area contributed by atoms with Crippen molar-refractivity contribution >= 4 is 23.7 Å². The van der Waals surface area contributed by atoms with E-state index in [-0.39, 0.29) is 17.9 Å². The molecule has 0 unspecified atom stereocenters. The van der Waals surface area contributed by atoms with Crippen molar-refractivity contribution in [3.05, 3.63) is 65.2 Å². The molecule has 8 nitrogen and oxygen atoms in total. The summed E-state index contributed by atoms with van der Waals surface area (Å²) in [4.78, 5) is 23.4. The van der Waals surface area contributed by atoms with Crippen molar-refractivity contribution in [1.82, 2.24) is 5.16 Å². The second-order valence-corrected chi connectivity index (χ2v) is 11.4. The second-order valence-electron chi connectivity index (χ2n) is 11.4. The maximum atomic E-state index is 14.2. The zero-order valence-electron chi connectivity index (χ0n) is 25.3. The Morgan fingerprint density at radius 3 is 2.40 bits per heavy atom. The summed E-state index contributed by atoms with van der Waals surface area (Å²) >= 11 is 0. The number of hydrogen-bond acceptors (Lipinski definition) is 6. The zero-order chi connectivity index (χ0) is 30.5. The van der Waals surface area contributed by atoms with Crippen molar-refractivity contribution in [1.29, 1.82) is 0 Å². The Morgan fingerprint density at radius 1 is 1.10 bits per heavy atom. The summed E-state index contributed by atoms with van der Waals surface area (Å²) in [5.74, 6) is 1.90. The number of nitrogens with zero attached hydrogens (tertiary/aromatic N) is 2. The third-order valence-corrected chi connectivity index (χ3v) is 7.45. The van der Waals surface area contributed by atoms with E-state index >= 15 is 0 Å². The molecule has 9 heteroatoms. The number of morpholine rings is 1. The minimum atomic E-state index is -0.443. The van der Waals surface area contributed by atoms with Gasteiger partial charge in [0.15, 0.2) is 0 Å². The van der Waals surface area contributed by atoms with Crippen LogP contribution in [0.4, 0.5) is 15.8 Å². The van der Waals surface area contributed by atoms with E-state index in [9.17, 15) is 9.18 Å². The Kier molecular flexibility index (Phi) is 13.0. The Labute approximate surface area is 248 Å². The molecule has 0 bridgehead atoms. The molecule has 2 aliphatic rings. The first-order valence-electron chi connectivity index (χ1n) is 14.8. The molecule has 2 heterocycles. The lowest BCUT2D eigenvalue weighted by molar-refractivity contribution is -0.106. The number of anilines is 2. The number of nitrogens with two attached hydrogens (primary N) is 1.